The number of carbonyl (C=O) groups is 1. The third-order valence-electron chi connectivity index (χ3n) is 2.99. The quantitative estimate of drug-likeness (QED) is 0.800. The number of sulfonamides is 1. The summed E-state index contributed by atoms with van der Waals surface area (Å²) in [6, 6.07) is 6.38. The van der Waals surface area contributed by atoms with E-state index in [1.807, 2.05) is 0 Å². The van der Waals surface area contributed by atoms with Crippen LogP contribution in [0.4, 0.5) is 0 Å². The average molecular weight is 333 g/mol. The molecule has 0 saturated carbocycles. The Morgan fingerprint density at radius 1 is 1.30 bits per heavy atom. The summed E-state index contributed by atoms with van der Waals surface area (Å²) in [6.07, 6.45) is 0. The van der Waals surface area contributed by atoms with Gasteiger partial charge in [-0.1, -0.05) is 17.0 Å². The van der Waals surface area contributed by atoms with Crippen LogP contribution in [0.15, 0.2) is 33.7 Å². The molecule has 3 N–H and O–H groups in total. The normalized spacial score (nSPS) is 10.9. The molecule has 0 atom stereocenters. The van der Waals surface area contributed by atoms with E-state index in [0.717, 1.165) is 0 Å². The topological polar surface area (TPSA) is 115 Å². The van der Waals surface area contributed by atoms with Crippen LogP contribution in [0, 0.1) is 25.7 Å². The van der Waals surface area contributed by atoms with Crippen molar-refractivity contribution in [3.05, 3.63) is 46.8 Å². The van der Waals surface area contributed by atoms with E-state index in [9.17, 15) is 13.2 Å². The van der Waals surface area contributed by atoms with Crippen LogP contribution in [-0.2, 0) is 10.0 Å². The number of nitrogens with one attached hydrogen (secondary N) is 1. The van der Waals surface area contributed by atoms with Crippen molar-refractivity contribution in [3.63, 3.8) is 0 Å². The molecule has 1 aromatic heterocycles. The van der Waals surface area contributed by atoms with Gasteiger partial charge in [0.05, 0.1) is 6.54 Å². The minimum absolute atomic E-state index is 0.0325. The summed E-state index contributed by atoms with van der Waals surface area (Å²) in [6.45, 7) is 3.02. The highest BCUT2D eigenvalue weighted by Gasteiger charge is 2.23. The van der Waals surface area contributed by atoms with Crippen molar-refractivity contribution in [1.29, 1.82) is 0 Å². The smallest absolute Gasteiger partial charge is 0.248 e. The van der Waals surface area contributed by atoms with Crippen molar-refractivity contribution in [1.82, 2.24) is 9.88 Å². The lowest BCUT2D eigenvalue weighted by atomic mass is 10.1. The van der Waals surface area contributed by atoms with Crippen molar-refractivity contribution in [2.45, 2.75) is 18.7 Å². The summed E-state index contributed by atoms with van der Waals surface area (Å²) in [5, 5.41) is 3.61. The zero-order valence-corrected chi connectivity index (χ0v) is 13.4. The Labute approximate surface area is 133 Å². The molecule has 1 amide bonds. The molecule has 0 aliphatic rings. The second-order valence-corrected chi connectivity index (χ2v) is 6.43. The fourth-order valence-electron chi connectivity index (χ4n) is 1.93. The third-order valence-corrected chi connectivity index (χ3v) is 4.63. The number of primary amides is 1. The molecule has 0 aliphatic carbocycles. The molecule has 1 aromatic carbocycles. The summed E-state index contributed by atoms with van der Waals surface area (Å²) in [5.41, 5.74) is 6.46. The number of carbonyl (C=O) groups excluding carboxylic acids is 1. The molecule has 0 radical (unpaired) electrons. The van der Waals surface area contributed by atoms with Gasteiger partial charge in [-0.05, 0) is 38.1 Å². The highest BCUT2D eigenvalue weighted by atomic mass is 32.2. The molecule has 120 valence electrons. The van der Waals surface area contributed by atoms with E-state index in [1.165, 1.54) is 6.92 Å². The van der Waals surface area contributed by atoms with Gasteiger partial charge in [0.1, 0.15) is 10.6 Å². The molecule has 23 heavy (non-hydrogen) atoms. The first kappa shape index (κ1) is 16.7. The molecule has 2 rings (SSSR count). The van der Waals surface area contributed by atoms with E-state index >= 15 is 0 Å². The number of hydrogen-bond donors (Lipinski definition) is 2. The second kappa shape index (κ2) is 6.64. The molecule has 0 saturated heterocycles. The first-order valence-electron chi connectivity index (χ1n) is 6.62. The first-order chi connectivity index (χ1) is 10.8. The summed E-state index contributed by atoms with van der Waals surface area (Å²) in [7, 11) is -3.72. The number of hydrogen-bond acceptors (Lipinski definition) is 5. The maximum absolute atomic E-state index is 12.1. The number of nitrogens with two attached hydrogens (primary N) is 1. The maximum Gasteiger partial charge on any atom is 0.248 e. The summed E-state index contributed by atoms with van der Waals surface area (Å²) >= 11 is 0. The van der Waals surface area contributed by atoms with E-state index in [-0.39, 0.29) is 17.2 Å². The Morgan fingerprint density at radius 2 is 1.96 bits per heavy atom. The molecular weight excluding hydrogens is 318 g/mol. The molecule has 0 bridgehead atoms. The lowest BCUT2D eigenvalue weighted by Gasteiger charge is -2.02. The highest BCUT2D eigenvalue weighted by molar-refractivity contribution is 7.89. The van der Waals surface area contributed by atoms with Gasteiger partial charge in [0.2, 0.25) is 15.9 Å². The Balaban J connectivity index is 2.04. The Morgan fingerprint density at radius 3 is 2.48 bits per heavy atom. The number of aryl methyl sites for hydroxylation is 2. The number of amides is 1. The van der Waals surface area contributed by atoms with Gasteiger partial charge in [0, 0.05) is 11.1 Å². The molecule has 2 aromatic rings. The lowest BCUT2D eigenvalue weighted by Crippen LogP contribution is -2.24. The summed E-state index contributed by atoms with van der Waals surface area (Å²) in [5.74, 6) is 5.20. The molecule has 7 nitrogen and oxygen atoms in total. The maximum atomic E-state index is 12.1. The lowest BCUT2D eigenvalue weighted by molar-refractivity contribution is 0.100. The van der Waals surface area contributed by atoms with Crippen molar-refractivity contribution < 1.29 is 17.7 Å². The number of benzene rings is 1. The van der Waals surface area contributed by atoms with Crippen LogP contribution < -0.4 is 10.5 Å². The second-order valence-electron chi connectivity index (χ2n) is 4.72. The Kier molecular flexibility index (Phi) is 4.83. The molecule has 0 aliphatic heterocycles. The highest BCUT2D eigenvalue weighted by Crippen LogP contribution is 2.18. The summed E-state index contributed by atoms with van der Waals surface area (Å²) < 4.78 is 31.5. The van der Waals surface area contributed by atoms with Crippen molar-refractivity contribution >= 4 is 15.9 Å². The van der Waals surface area contributed by atoms with Crippen molar-refractivity contribution in [2.75, 3.05) is 6.54 Å². The minimum atomic E-state index is -3.72. The van der Waals surface area contributed by atoms with Gasteiger partial charge in [0.25, 0.3) is 0 Å². The zero-order valence-electron chi connectivity index (χ0n) is 12.6. The molecular formula is C15H15N3O4S. The monoisotopic (exact) mass is 333 g/mol. The van der Waals surface area contributed by atoms with Crippen LogP contribution in [0.2, 0.25) is 0 Å². The van der Waals surface area contributed by atoms with E-state index in [2.05, 4.69) is 21.7 Å². The van der Waals surface area contributed by atoms with Gasteiger partial charge in [0.15, 0.2) is 5.76 Å². The van der Waals surface area contributed by atoms with Gasteiger partial charge >= 0.3 is 0 Å². The predicted octanol–water partition coefficient (Wildman–Crippen LogP) is 0.720. The van der Waals surface area contributed by atoms with Crippen molar-refractivity contribution in [2.24, 2.45) is 5.73 Å². The SMILES string of the molecule is Cc1noc(C)c1S(=O)(=O)NCC#Cc1ccc(C(N)=O)cc1. The standard InChI is InChI=1S/C15H15N3O4S/c1-10-14(11(2)22-18-10)23(20,21)17-9-3-4-12-5-7-13(8-6-12)15(16)19/h5-8,17H,9H2,1-2H3,(H2,16,19). The molecule has 0 fully saturated rings. The van der Waals surface area contributed by atoms with Gasteiger partial charge < -0.3 is 10.3 Å². The number of nitrogens with zero attached hydrogens (tertiary/aromatic N) is 1. The minimum Gasteiger partial charge on any atom is -0.366 e. The third kappa shape index (κ3) is 3.97. The number of aromatic nitrogens is 1. The van der Waals surface area contributed by atoms with E-state index in [4.69, 9.17) is 10.3 Å². The van der Waals surface area contributed by atoms with Crippen LogP contribution in [0.25, 0.3) is 0 Å². The van der Waals surface area contributed by atoms with Crippen molar-refractivity contribution in [3.8, 4) is 11.8 Å². The average Bonchev–Trinajstić information content (AvgIpc) is 2.84. The molecule has 8 heteroatoms. The van der Waals surface area contributed by atoms with Crippen LogP contribution in [-0.4, -0.2) is 26.0 Å². The van der Waals surface area contributed by atoms with E-state index in [1.54, 1.807) is 31.2 Å². The molecule has 1 heterocycles. The summed E-state index contributed by atoms with van der Waals surface area (Å²) in [4.78, 5) is 11.0. The first-order valence-corrected chi connectivity index (χ1v) is 8.11. The van der Waals surface area contributed by atoms with E-state index in [0.29, 0.717) is 16.8 Å². The Bertz CT molecular complexity index is 868. The van der Waals surface area contributed by atoms with Crippen LogP contribution in [0.5, 0.6) is 0 Å². The van der Waals surface area contributed by atoms with Crippen LogP contribution in [0.1, 0.15) is 27.4 Å². The molecule has 0 spiro atoms. The fourth-order valence-corrected chi connectivity index (χ4v) is 3.17. The van der Waals surface area contributed by atoms with Crippen LogP contribution in [0.3, 0.4) is 0 Å². The molecule has 0 unspecified atom stereocenters. The number of rotatable bonds is 4. The van der Waals surface area contributed by atoms with Gasteiger partial charge in [-0.3, -0.25) is 4.79 Å². The van der Waals surface area contributed by atoms with Gasteiger partial charge in [-0.25, -0.2) is 8.42 Å². The van der Waals surface area contributed by atoms with Crippen LogP contribution >= 0.6 is 0 Å². The van der Waals surface area contributed by atoms with E-state index < -0.39 is 15.9 Å². The Hall–Kier alpha value is -2.63. The fraction of sp³-hybridized carbons (Fsp3) is 0.200. The van der Waals surface area contributed by atoms with Gasteiger partial charge in [-0.2, -0.15) is 4.72 Å². The zero-order chi connectivity index (χ0) is 17.0. The van der Waals surface area contributed by atoms with Gasteiger partial charge in [-0.15, -0.1) is 0 Å². The predicted molar refractivity (Wildman–Crippen MR) is 83.0 cm³/mol. The largest absolute Gasteiger partial charge is 0.366 e.